The first kappa shape index (κ1) is 17.4. The van der Waals surface area contributed by atoms with E-state index in [1.165, 1.54) is 5.56 Å². The molecule has 1 atom stereocenters. The van der Waals surface area contributed by atoms with E-state index in [0.29, 0.717) is 18.2 Å². The Morgan fingerprint density at radius 3 is 3.00 bits per heavy atom. The van der Waals surface area contributed by atoms with E-state index < -0.39 is 0 Å². The van der Waals surface area contributed by atoms with E-state index in [0.717, 1.165) is 38.3 Å². The first-order valence-corrected chi connectivity index (χ1v) is 8.80. The summed E-state index contributed by atoms with van der Waals surface area (Å²) in [6, 6.07) is 7.86. The van der Waals surface area contributed by atoms with Gasteiger partial charge in [-0.2, -0.15) is 0 Å². The predicted molar refractivity (Wildman–Crippen MR) is 94.2 cm³/mol. The van der Waals surface area contributed by atoms with E-state index in [2.05, 4.69) is 25.4 Å². The number of fused-ring (bicyclic) bond motifs is 1. The molecule has 0 spiro atoms. The summed E-state index contributed by atoms with van der Waals surface area (Å²) in [5.41, 5.74) is 1.20. The fraction of sp³-hybridized carbons (Fsp3) is 0.500. The summed E-state index contributed by atoms with van der Waals surface area (Å²) in [5.74, 6) is 2.32. The van der Waals surface area contributed by atoms with E-state index in [9.17, 15) is 4.79 Å². The van der Waals surface area contributed by atoms with E-state index >= 15 is 0 Å². The first-order valence-electron chi connectivity index (χ1n) is 8.80. The Morgan fingerprint density at radius 1 is 1.36 bits per heavy atom. The van der Waals surface area contributed by atoms with Crippen molar-refractivity contribution in [3.8, 4) is 5.75 Å². The number of aryl methyl sites for hydroxylation is 1. The number of carbonyl (C=O) groups is 1. The third kappa shape index (κ3) is 5.03. The number of rotatable bonds is 8. The normalized spacial score (nSPS) is 16.3. The number of hydrogen-bond acceptors (Lipinski definition) is 5. The van der Waals surface area contributed by atoms with E-state index in [1.807, 2.05) is 37.5 Å². The molecule has 0 saturated carbocycles. The van der Waals surface area contributed by atoms with Crippen LogP contribution in [-0.4, -0.2) is 40.4 Å². The van der Waals surface area contributed by atoms with Crippen molar-refractivity contribution >= 4 is 5.91 Å². The topological polar surface area (TPSA) is 81.1 Å². The van der Waals surface area contributed by atoms with Crippen molar-refractivity contribution in [1.29, 1.82) is 0 Å². The predicted octanol–water partition coefficient (Wildman–Crippen LogP) is 1.15. The van der Waals surface area contributed by atoms with Crippen molar-refractivity contribution in [1.82, 2.24) is 25.4 Å². The summed E-state index contributed by atoms with van der Waals surface area (Å²) in [6.45, 7) is 5.35. The quantitative estimate of drug-likeness (QED) is 0.751. The number of benzene rings is 1. The Bertz CT molecular complexity index is 683. The van der Waals surface area contributed by atoms with Gasteiger partial charge >= 0.3 is 0 Å². The van der Waals surface area contributed by atoms with Gasteiger partial charge in [0.05, 0.1) is 0 Å². The van der Waals surface area contributed by atoms with Gasteiger partial charge in [-0.15, -0.1) is 10.2 Å². The zero-order valence-electron chi connectivity index (χ0n) is 14.6. The number of aromatic nitrogens is 3. The third-order valence-electron chi connectivity index (χ3n) is 4.36. The highest BCUT2D eigenvalue weighted by Gasteiger charge is 2.18. The molecule has 1 unspecified atom stereocenters. The number of nitrogens with zero attached hydrogens (tertiary/aromatic N) is 3. The SMILES string of the molecule is CCNC(=O)COc1ccc(CNCC2CCc3nncn3C2)cc1. The molecule has 2 N–H and O–H groups in total. The van der Waals surface area contributed by atoms with Crippen LogP contribution in [0.3, 0.4) is 0 Å². The van der Waals surface area contributed by atoms with Crippen LogP contribution >= 0.6 is 0 Å². The second-order valence-electron chi connectivity index (χ2n) is 6.32. The van der Waals surface area contributed by atoms with Crippen LogP contribution in [0.15, 0.2) is 30.6 Å². The molecule has 2 aromatic rings. The van der Waals surface area contributed by atoms with Gasteiger partial charge < -0.3 is 19.9 Å². The first-order chi connectivity index (χ1) is 12.2. The molecule has 1 aliphatic rings. The highest BCUT2D eigenvalue weighted by atomic mass is 16.5. The Morgan fingerprint density at radius 2 is 2.20 bits per heavy atom. The van der Waals surface area contributed by atoms with Crippen molar-refractivity contribution in [2.75, 3.05) is 19.7 Å². The molecular weight excluding hydrogens is 318 g/mol. The molecule has 1 aromatic carbocycles. The zero-order valence-corrected chi connectivity index (χ0v) is 14.6. The zero-order chi connectivity index (χ0) is 17.5. The van der Waals surface area contributed by atoms with Gasteiger partial charge in [-0.1, -0.05) is 12.1 Å². The minimum atomic E-state index is -0.100. The van der Waals surface area contributed by atoms with Crippen LogP contribution in [0, 0.1) is 5.92 Å². The molecule has 7 heteroatoms. The van der Waals surface area contributed by atoms with Crippen molar-refractivity contribution in [2.45, 2.75) is 32.9 Å². The largest absolute Gasteiger partial charge is 0.484 e. The molecule has 0 fully saturated rings. The Hall–Kier alpha value is -2.41. The molecule has 0 saturated heterocycles. The van der Waals surface area contributed by atoms with Crippen molar-refractivity contribution in [3.63, 3.8) is 0 Å². The average Bonchev–Trinajstić information content (AvgIpc) is 3.09. The number of nitrogens with one attached hydrogen (secondary N) is 2. The minimum absolute atomic E-state index is 0.0538. The fourth-order valence-electron chi connectivity index (χ4n) is 3.02. The van der Waals surface area contributed by atoms with Crippen LogP contribution in [0.4, 0.5) is 0 Å². The molecule has 1 aliphatic heterocycles. The fourth-order valence-corrected chi connectivity index (χ4v) is 3.02. The lowest BCUT2D eigenvalue weighted by Gasteiger charge is -2.23. The second kappa shape index (κ2) is 8.62. The lowest BCUT2D eigenvalue weighted by atomic mass is 9.99. The van der Waals surface area contributed by atoms with Crippen LogP contribution in [0.25, 0.3) is 0 Å². The number of carbonyl (C=O) groups excluding carboxylic acids is 1. The molecule has 0 aliphatic carbocycles. The summed E-state index contributed by atoms with van der Waals surface area (Å²) in [7, 11) is 0. The highest BCUT2D eigenvalue weighted by molar-refractivity contribution is 5.77. The molecule has 0 radical (unpaired) electrons. The third-order valence-corrected chi connectivity index (χ3v) is 4.36. The molecule has 134 valence electrons. The summed E-state index contributed by atoms with van der Waals surface area (Å²) >= 11 is 0. The van der Waals surface area contributed by atoms with Crippen LogP contribution < -0.4 is 15.4 Å². The molecule has 1 amide bonds. The van der Waals surface area contributed by atoms with Crippen molar-refractivity contribution in [2.24, 2.45) is 5.92 Å². The van der Waals surface area contributed by atoms with E-state index in [4.69, 9.17) is 4.74 Å². The van der Waals surface area contributed by atoms with Gasteiger partial charge in [0, 0.05) is 26.1 Å². The average molecular weight is 343 g/mol. The molecule has 2 heterocycles. The number of amides is 1. The van der Waals surface area contributed by atoms with Gasteiger partial charge in [-0.25, -0.2) is 0 Å². The standard InChI is InChI=1S/C18H25N5O2/c1-2-20-18(24)12-25-16-6-3-14(4-7-16)9-19-10-15-5-8-17-22-21-13-23(17)11-15/h3-4,6-7,13,15,19H,2,5,8-12H2,1H3,(H,20,24). The molecular formula is C18H25N5O2. The number of likely N-dealkylation sites (N-methyl/N-ethyl adjacent to an activating group) is 1. The molecule has 25 heavy (non-hydrogen) atoms. The Kier molecular flexibility index (Phi) is 6.00. The van der Waals surface area contributed by atoms with Gasteiger partial charge in [-0.3, -0.25) is 4.79 Å². The maximum Gasteiger partial charge on any atom is 0.257 e. The van der Waals surface area contributed by atoms with Gasteiger partial charge in [0.1, 0.15) is 17.9 Å². The Balaban J connectivity index is 1.38. The Labute approximate surface area is 147 Å². The lowest BCUT2D eigenvalue weighted by Crippen LogP contribution is -2.29. The van der Waals surface area contributed by atoms with E-state index in [-0.39, 0.29) is 12.5 Å². The maximum absolute atomic E-state index is 11.4. The summed E-state index contributed by atoms with van der Waals surface area (Å²) in [6.07, 6.45) is 3.98. The second-order valence-corrected chi connectivity index (χ2v) is 6.32. The highest BCUT2D eigenvalue weighted by Crippen LogP contribution is 2.17. The molecule has 7 nitrogen and oxygen atoms in total. The number of ether oxygens (including phenoxy) is 1. The lowest BCUT2D eigenvalue weighted by molar-refractivity contribution is -0.122. The monoisotopic (exact) mass is 343 g/mol. The van der Waals surface area contributed by atoms with Gasteiger partial charge in [-0.05, 0) is 43.5 Å². The number of hydrogen-bond donors (Lipinski definition) is 2. The summed E-state index contributed by atoms with van der Waals surface area (Å²) in [4.78, 5) is 11.4. The van der Waals surface area contributed by atoms with Crippen LogP contribution in [0.5, 0.6) is 5.75 Å². The van der Waals surface area contributed by atoms with Gasteiger partial charge in [0.2, 0.25) is 0 Å². The van der Waals surface area contributed by atoms with Gasteiger partial charge in [0.15, 0.2) is 6.61 Å². The molecule has 1 aromatic heterocycles. The van der Waals surface area contributed by atoms with Crippen molar-refractivity contribution in [3.05, 3.63) is 42.0 Å². The maximum atomic E-state index is 11.4. The van der Waals surface area contributed by atoms with Crippen LogP contribution in [0.1, 0.15) is 24.7 Å². The molecule has 3 rings (SSSR count). The molecule has 0 bridgehead atoms. The van der Waals surface area contributed by atoms with Gasteiger partial charge in [0.25, 0.3) is 5.91 Å². The van der Waals surface area contributed by atoms with E-state index in [1.54, 1.807) is 0 Å². The van der Waals surface area contributed by atoms with Crippen LogP contribution in [-0.2, 0) is 24.3 Å². The van der Waals surface area contributed by atoms with Crippen LogP contribution in [0.2, 0.25) is 0 Å². The summed E-state index contributed by atoms with van der Waals surface area (Å²) < 4.78 is 7.60. The van der Waals surface area contributed by atoms with Crippen molar-refractivity contribution < 1.29 is 9.53 Å². The smallest absolute Gasteiger partial charge is 0.257 e. The minimum Gasteiger partial charge on any atom is -0.484 e. The summed E-state index contributed by atoms with van der Waals surface area (Å²) in [5, 5.41) is 14.3.